The first-order valence-electron chi connectivity index (χ1n) is 11.5. The van der Waals surface area contributed by atoms with E-state index in [1.807, 2.05) is 67.5 Å². The normalized spacial score (nSPS) is 16.1. The van der Waals surface area contributed by atoms with Gasteiger partial charge in [-0.1, -0.05) is 46.8 Å². The van der Waals surface area contributed by atoms with E-state index < -0.39 is 6.04 Å². The van der Waals surface area contributed by atoms with Crippen LogP contribution in [-0.4, -0.2) is 58.8 Å². The van der Waals surface area contributed by atoms with Crippen LogP contribution in [0.1, 0.15) is 56.1 Å². The highest BCUT2D eigenvalue weighted by molar-refractivity contribution is 5.97. The molecule has 0 aliphatic carbocycles. The highest BCUT2D eigenvalue weighted by Gasteiger charge is 2.31. The van der Waals surface area contributed by atoms with Gasteiger partial charge in [-0.3, -0.25) is 19.5 Å². The largest absolute Gasteiger partial charge is 0.340 e. The molecule has 1 aliphatic rings. The number of hydrogen-bond donors (Lipinski definition) is 1. The summed E-state index contributed by atoms with van der Waals surface area (Å²) in [5.74, 6) is -0.188. The van der Waals surface area contributed by atoms with Crippen LogP contribution >= 0.6 is 0 Å². The highest BCUT2D eigenvalue weighted by Crippen LogP contribution is 2.22. The second-order valence-electron chi connectivity index (χ2n) is 9.98. The molecule has 1 fully saturated rings. The molecule has 172 valence electrons. The monoisotopic (exact) mass is 436 g/mol. The fraction of sp³-hybridized carbons (Fsp3) is 0.500. The van der Waals surface area contributed by atoms with Crippen molar-refractivity contribution >= 4 is 11.8 Å². The third-order valence-electron chi connectivity index (χ3n) is 6.07. The van der Waals surface area contributed by atoms with Crippen molar-refractivity contribution in [3.63, 3.8) is 0 Å². The number of amides is 2. The predicted molar refractivity (Wildman–Crippen MR) is 127 cm³/mol. The van der Waals surface area contributed by atoms with Gasteiger partial charge < -0.3 is 10.2 Å². The lowest BCUT2D eigenvalue weighted by Crippen LogP contribution is -2.56. The van der Waals surface area contributed by atoms with Crippen molar-refractivity contribution in [2.24, 2.45) is 5.92 Å². The Labute approximate surface area is 192 Å². The van der Waals surface area contributed by atoms with E-state index >= 15 is 0 Å². The Bertz CT molecular complexity index is 896. The number of piperazine rings is 1. The summed E-state index contributed by atoms with van der Waals surface area (Å²) < 4.78 is 0. The molecule has 0 bridgehead atoms. The maximum absolute atomic E-state index is 13.2. The number of carbonyl (C=O) groups is 2. The molecule has 0 radical (unpaired) electrons. The third kappa shape index (κ3) is 6.16. The Kier molecular flexibility index (Phi) is 7.67. The molecule has 0 spiro atoms. The first kappa shape index (κ1) is 23.9. The van der Waals surface area contributed by atoms with Crippen LogP contribution in [0, 0.1) is 5.92 Å². The Morgan fingerprint density at radius 1 is 0.969 bits per heavy atom. The van der Waals surface area contributed by atoms with E-state index in [4.69, 9.17) is 0 Å². The number of pyridine rings is 1. The molecule has 1 unspecified atom stereocenters. The topological polar surface area (TPSA) is 65.5 Å². The van der Waals surface area contributed by atoms with Gasteiger partial charge in [-0.25, -0.2) is 0 Å². The Balaban J connectivity index is 1.58. The fourth-order valence-electron chi connectivity index (χ4n) is 3.93. The van der Waals surface area contributed by atoms with Crippen LogP contribution in [0.4, 0.5) is 0 Å². The van der Waals surface area contributed by atoms with Gasteiger partial charge in [-0.05, 0) is 46.7 Å². The third-order valence-corrected chi connectivity index (χ3v) is 6.07. The molecule has 32 heavy (non-hydrogen) atoms. The number of nitrogens with one attached hydrogen (secondary N) is 1. The number of aromatic nitrogens is 1. The minimum absolute atomic E-state index is 0.00298. The van der Waals surface area contributed by atoms with Crippen molar-refractivity contribution in [1.29, 1.82) is 0 Å². The minimum atomic E-state index is -0.531. The summed E-state index contributed by atoms with van der Waals surface area (Å²) in [7, 11) is 0. The van der Waals surface area contributed by atoms with Crippen molar-refractivity contribution in [3.05, 3.63) is 65.5 Å². The molecule has 2 heterocycles. The van der Waals surface area contributed by atoms with E-state index in [1.165, 1.54) is 11.1 Å². The van der Waals surface area contributed by atoms with Crippen molar-refractivity contribution < 1.29 is 9.59 Å². The lowest BCUT2D eigenvalue weighted by Gasteiger charge is -2.37. The molecular formula is C26H36N4O2. The van der Waals surface area contributed by atoms with Crippen molar-refractivity contribution in [2.45, 2.75) is 52.6 Å². The SMILES string of the molecule is CC(C)C(NC(=O)c1ccc(C(C)(C)C)cc1)C(=O)N1CCN(Cc2ccncc2)CC1. The molecule has 1 N–H and O–H groups in total. The van der Waals surface area contributed by atoms with Crippen molar-refractivity contribution in [2.75, 3.05) is 26.2 Å². The molecule has 1 aliphatic heterocycles. The van der Waals surface area contributed by atoms with Gasteiger partial charge in [-0.15, -0.1) is 0 Å². The van der Waals surface area contributed by atoms with Gasteiger partial charge in [-0.2, -0.15) is 0 Å². The average molecular weight is 437 g/mol. The molecule has 1 aromatic carbocycles. The minimum Gasteiger partial charge on any atom is -0.340 e. The summed E-state index contributed by atoms with van der Waals surface area (Å²) in [4.78, 5) is 34.4. The predicted octanol–water partition coefficient (Wildman–Crippen LogP) is 3.48. The highest BCUT2D eigenvalue weighted by atomic mass is 16.2. The molecule has 1 saturated heterocycles. The maximum atomic E-state index is 13.2. The molecule has 0 saturated carbocycles. The van der Waals surface area contributed by atoms with E-state index in [-0.39, 0.29) is 23.1 Å². The van der Waals surface area contributed by atoms with Gasteiger partial charge in [0.25, 0.3) is 5.91 Å². The van der Waals surface area contributed by atoms with Crippen LogP contribution < -0.4 is 5.32 Å². The van der Waals surface area contributed by atoms with Crippen molar-refractivity contribution in [3.8, 4) is 0 Å². The number of nitrogens with zero attached hydrogens (tertiary/aromatic N) is 3. The summed E-state index contributed by atoms with van der Waals surface area (Å²) in [6.45, 7) is 14.2. The van der Waals surface area contributed by atoms with Gasteiger partial charge in [0.1, 0.15) is 6.04 Å². The lowest BCUT2D eigenvalue weighted by atomic mass is 9.86. The molecule has 2 aromatic rings. The van der Waals surface area contributed by atoms with Crippen LogP contribution in [0.3, 0.4) is 0 Å². The summed E-state index contributed by atoms with van der Waals surface area (Å²) in [5, 5.41) is 2.99. The fourth-order valence-corrected chi connectivity index (χ4v) is 3.93. The van der Waals surface area contributed by atoms with E-state index in [2.05, 4.69) is 36.0 Å². The van der Waals surface area contributed by atoms with Crippen molar-refractivity contribution in [1.82, 2.24) is 20.1 Å². The summed E-state index contributed by atoms with van der Waals surface area (Å²) in [6.07, 6.45) is 3.61. The summed E-state index contributed by atoms with van der Waals surface area (Å²) in [6, 6.07) is 11.2. The van der Waals surface area contributed by atoms with E-state index in [0.29, 0.717) is 18.7 Å². The Hall–Kier alpha value is -2.73. The number of benzene rings is 1. The second kappa shape index (κ2) is 10.3. The average Bonchev–Trinajstić information content (AvgIpc) is 2.77. The van der Waals surface area contributed by atoms with Gasteiger partial charge in [0.05, 0.1) is 0 Å². The van der Waals surface area contributed by atoms with E-state index in [9.17, 15) is 9.59 Å². The molecule has 1 aromatic heterocycles. The Morgan fingerprint density at radius 3 is 2.09 bits per heavy atom. The molecular weight excluding hydrogens is 400 g/mol. The van der Waals surface area contributed by atoms with Gasteiger partial charge >= 0.3 is 0 Å². The quantitative estimate of drug-likeness (QED) is 0.753. The van der Waals surface area contributed by atoms with Crippen LogP contribution in [0.25, 0.3) is 0 Å². The van der Waals surface area contributed by atoms with Gasteiger partial charge in [0.15, 0.2) is 0 Å². The zero-order valence-electron chi connectivity index (χ0n) is 20.0. The van der Waals surface area contributed by atoms with Gasteiger partial charge in [0, 0.05) is 50.7 Å². The summed E-state index contributed by atoms with van der Waals surface area (Å²) in [5.41, 5.74) is 3.02. The maximum Gasteiger partial charge on any atom is 0.251 e. The molecule has 6 heteroatoms. The van der Waals surface area contributed by atoms with Crippen LogP contribution in [0.5, 0.6) is 0 Å². The van der Waals surface area contributed by atoms with E-state index in [1.54, 1.807) is 0 Å². The second-order valence-corrected chi connectivity index (χ2v) is 9.98. The standard InChI is InChI=1S/C26H36N4O2/c1-19(2)23(28-24(31)21-6-8-22(9-7-21)26(3,4)5)25(32)30-16-14-29(15-17-30)18-20-10-12-27-13-11-20/h6-13,19,23H,14-18H2,1-5H3,(H,28,31). The smallest absolute Gasteiger partial charge is 0.251 e. The Morgan fingerprint density at radius 2 is 1.56 bits per heavy atom. The van der Waals surface area contributed by atoms with Crippen LogP contribution in [0.15, 0.2) is 48.8 Å². The van der Waals surface area contributed by atoms with Crippen LogP contribution in [0.2, 0.25) is 0 Å². The zero-order chi connectivity index (χ0) is 23.3. The van der Waals surface area contributed by atoms with Gasteiger partial charge in [0.2, 0.25) is 5.91 Å². The van der Waals surface area contributed by atoms with Crippen LogP contribution in [-0.2, 0) is 16.8 Å². The summed E-state index contributed by atoms with van der Waals surface area (Å²) >= 11 is 0. The zero-order valence-corrected chi connectivity index (χ0v) is 20.0. The number of hydrogen-bond acceptors (Lipinski definition) is 4. The molecule has 3 rings (SSSR count). The first-order valence-corrected chi connectivity index (χ1v) is 11.5. The molecule has 2 amide bonds. The number of carbonyl (C=O) groups excluding carboxylic acids is 2. The first-order chi connectivity index (χ1) is 15.1. The molecule has 1 atom stereocenters. The lowest BCUT2D eigenvalue weighted by molar-refractivity contribution is -0.136. The van der Waals surface area contributed by atoms with E-state index in [0.717, 1.165) is 19.6 Å². The number of rotatable bonds is 6. The molecule has 6 nitrogen and oxygen atoms in total.